The van der Waals surface area contributed by atoms with Gasteiger partial charge in [-0.2, -0.15) is 0 Å². The Morgan fingerprint density at radius 2 is 2.44 bits per heavy atom. The summed E-state index contributed by atoms with van der Waals surface area (Å²) in [6, 6.07) is 0. The van der Waals surface area contributed by atoms with Crippen LogP contribution in [-0.2, 0) is 0 Å². The maximum atomic E-state index is 4.03. The Morgan fingerprint density at radius 1 is 1.67 bits per heavy atom. The van der Waals surface area contributed by atoms with Crippen molar-refractivity contribution in [3.8, 4) is 0 Å². The summed E-state index contributed by atoms with van der Waals surface area (Å²) in [6.07, 6.45) is 3.56. The lowest BCUT2D eigenvalue weighted by atomic mass is 10.5. The summed E-state index contributed by atoms with van der Waals surface area (Å²) in [7, 11) is 0. The lowest BCUT2D eigenvalue weighted by Gasteiger charge is -1.67. The maximum Gasteiger partial charge on any atom is 0.0805 e. The fourth-order valence-electron chi connectivity index (χ4n) is 0.527. The van der Waals surface area contributed by atoms with Gasteiger partial charge in [0, 0.05) is 4.53 Å². The summed E-state index contributed by atoms with van der Waals surface area (Å²) < 4.78 is 0.995. The molecule has 0 amide bonds. The van der Waals surface area contributed by atoms with Crippen LogP contribution in [0, 0.1) is 0 Å². The minimum atomic E-state index is 0.926. The Kier molecular flexibility index (Phi) is 1.80. The summed E-state index contributed by atoms with van der Waals surface area (Å²) in [5.41, 5.74) is 1.78. The van der Waals surface area contributed by atoms with Crippen LogP contribution in [0.15, 0.2) is 18.2 Å². The minimum Gasteiger partial charge on any atom is -0.245 e. The number of hydrogen-bond acceptors (Lipinski definition) is 2. The van der Waals surface area contributed by atoms with E-state index >= 15 is 0 Å². The van der Waals surface area contributed by atoms with Crippen LogP contribution in [0.4, 0.5) is 0 Å². The fourth-order valence-corrected chi connectivity index (χ4v) is 1.06. The predicted molar refractivity (Wildman–Crippen MR) is 41.5 cm³/mol. The molecular weight excluding hydrogens is 130 g/mol. The van der Waals surface area contributed by atoms with E-state index in [4.69, 9.17) is 0 Å². The molecule has 1 nitrogen and oxygen atoms in total. The zero-order valence-electron chi connectivity index (χ0n) is 5.00. The Morgan fingerprint density at radius 3 is 2.89 bits per heavy atom. The van der Waals surface area contributed by atoms with E-state index in [1.165, 1.54) is 0 Å². The van der Waals surface area contributed by atoms with Crippen LogP contribution >= 0.6 is 11.3 Å². The first-order valence-electron chi connectivity index (χ1n) is 2.56. The van der Waals surface area contributed by atoms with Gasteiger partial charge in [0.15, 0.2) is 0 Å². The Balaban J connectivity index is 3.39. The maximum absolute atomic E-state index is 4.03. The first-order chi connectivity index (χ1) is 4.34. The van der Waals surface area contributed by atoms with Crippen molar-refractivity contribution in [1.82, 2.24) is 4.98 Å². The molecule has 1 rings (SSSR count). The van der Waals surface area contributed by atoms with Gasteiger partial charge in [-0.25, -0.2) is 4.98 Å². The highest BCUT2D eigenvalue weighted by atomic mass is 32.1. The number of hydrogen-bond donors (Lipinski definition) is 0. The molecule has 0 radical (unpaired) electrons. The molecule has 9 heavy (non-hydrogen) atoms. The second-order valence-electron chi connectivity index (χ2n) is 1.56. The van der Waals surface area contributed by atoms with E-state index in [9.17, 15) is 0 Å². The first-order valence-corrected chi connectivity index (χ1v) is 3.44. The van der Waals surface area contributed by atoms with Gasteiger partial charge in [0.05, 0.1) is 10.9 Å². The molecule has 0 saturated carbocycles. The van der Waals surface area contributed by atoms with Crippen molar-refractivity contribution < 1.29 is 0 Å². The molecule has 0 N–H and O–H groups in total. The third kappa shape index (κ3) is 1.27. The van der Waals surface area contributed by atoms with Crippen LogP contribution in [0.3, 0.4) is 0 Å². The number of allylic oxidation sites excluding steroid dienone is 1. The predicted octanol–water partition coefficient (Wildman–Crippen LogP) is 0.520. The van der Waals surface area contributed by atoms with E-state index in [-0.39, 0.29) is 0 Å². The molecule has 0 aliphatic heterocycles. The minimum absolute atomic E-state index is 0.926. The van der Waals surface area contributed by atoms with E-state index in [1.54, 1.807) is 22.9 Å². The molecule has 0 aliphatic rings. The molecule has 1 aromatic rings. The molecule has 0 fully saturated rings. The highest BCUT2D eigenvalue weighted by molar-refractivity contribution is 7.07. The smallest absolute Gasteiger partial charge is 0.0805 e. The highest BCUT2D eigenvalue weighted by Crippen LogP contribution is 1.73. The van der Waals surface area contributed by atoms with Gasteiger partial charge in [0.25, 0.3) is 0 Å². The van der Waals surface area contributed by atoms with Gasteiger partial charge < -0.3 is 0 Å². The molecule has 2 heteroatoms. The zero-order chi connectivity index (χ0) is 6.69. The van der Waals surface area contributed by atoms with Gasteiger partial charge in [-0.15, -0.1) is 11.3 Å². The normalized spacial score (nSPS) is 11.8. The highest BCUT2D eigenvalue weighted by Gasteiger charge is 1.79. The van der Waals surface area contributed by atoms with Crippen LogP contribution in [-0.4, -0.2) is 4.98 Å². The molecule has 0 aromatic carbocycles. The summed E-state index contributed by atoms with van der Waals surface area (Å²) in [4.78, 5) is 4.03. The molecule has 1 heterocycles. The Labute approximate surface area is 57.7 Å². The quantitative estimate of drug-likeness (QED) is 0.550. The van der Waals surface area contributed by atoms with Crippen LogP contribution < -0.4 is 9.88 Å². The van der Waals surface area contributed by atoms with Gasteiger partial charge in [0.1, 0.15) is 0 Å². The van der Waals surface area contributed by atoms with Gasteiger partial charge in [-0.3, -0.25) is 0 Å². The molecule has 46 valence electrons. The second kappa shape index (κ2) is 2.60. The lowest BCUT2D eigenvalue weighted by Crippen LogP contribution is -2.17. The monoisotopic (exact) mass is 137 g/mol. The summed E-state index contributed by atoms with van der Waals surface area (Å²) >= 11 is 1.54. The Hall–Kier alpha value is -0.890. The first kappa shape index (κ1) is 6.23. The standard InChI is InChI=1S/C7H7NS/c1-3-4-7-6(2)9-5-8-7/h3-5H,1-2H2/b7-4+. The molecular formula is C7H7NS. The molecule has 1 aromatic heterocycles. The second-order valence-corrected chi connectivity index (χ2v) is 2.50. The molecule has 0 aliphatic carbocycles. The van der Waals surface area contributed by atoms with Crippen molar-refractivity contribution in [1.29, 1.82) is 0 Å². The topological polar surface area (TPSA) is 12.9 Å². The average Bonchev–Trinajstić information content (AvgIpc) is 2.18. The van der Waals surface area contributed by atoms with Crippen molar-refractivity contribution >= 4 is 24.0 Å². The van der Waals surface area contributed by atoms with E-state index in [1.807, 2.05) is 6.08 Å². The molecule has 0 bridgehead atoms. The number of rotatable bonds is 1. The molecule has 0 saturated heterocycles. The number of thiazole rings is 1. The number of aromatic nitrogens is 1. The molecule has 0 unspecified atom stereocenters. The molecule has 0 spiro atoms. The Bertz CT molecular complexity index is 297. The van der Waals surface area contributed by atoms with Crippen molar-refractivity contribution in [3.63, 3.8) is 0 Å². The van der Waals surface area contributed by atoms with Crippen molar-refractivity contribution in [2.24, 2.45) is 0 Å². The zero-order valence-corrected chi connectivity index (χ0v) is 5.82. The van der Waals surface area contributed by atoms with Gasteiger partial charge >= 0.3 is 0 Å². The molecule has 0 atom stereocenters. The van der Waals surface area contributed by atoms with E-state index in [0.29, 0.717) is 0 Å². The third-order valence-electron chi connectivity index (χ3n) is 0.948. The van der Waals surface area contributed by atoms with Crippen molar-refractivity contribution in [2.45, 2.75) is 0 Å². The van der Waals surface area contributed by atoms with Gasteiger partial charge in [-0.05, 0) is 6.08 Å². The van der Waals surface area contributed by atoms with Crippen molar-refractivity contribution in [3.05, 3.63) is 28.0 Å². The van der Waals surface area contributed by atoms with Crippen LogP contribution in [0.1, 0.15) is 0 Å². The van der Waals surface area contributed by atoms with Crippen molar-refractivity contribution in [2.75, 3.05) is 0 Å². The van der Waals surface area contributed by atoms with Crippen LogP contribution in [0.5, 0.6) is 0 Å². The van der Waals surface area contributed by atoms with E-state index in [0.717, 1.165) is 9.88 Å². The summed E-state index contributed by atoms with van der Waals surface area (Å²) in [5.74, 6) is 0. The fraction of sp³-hybridized carbons (Fsp3) is 0. The van der Waals surface area contributed by atoms with Crippen LogP contribution in [0.25, 0.3) is 12.7 Å². The van der Waals surface area contributed by atoms with E-state index < -0.39 is 0 Å². The SMILES string of the molecule is C=C/C=c1/ncsc1=C. The number of nitrogens with zero attached hydrogens (tertiary/aromatic N) is 1. The third-order valence-corrected chi connectivity index (χ3v) is 1.65. The average molecular weight is 137 g/mol. The largest absolute Gasteiger partial charge is 0.245 e. The lowest BCUT2D eigenvalue weighted by molar-refractivity contribution is 1.32. The van der Waals surface area contributed by atoms with E-state index in [2.05, 4.69) is 18.1 Å². The van der Waals surface area contributed by atoms with Gasteiger partial charge in [0.2, 0.25) is 0 Å². The van der Waals surface area contributed by atoms with Gasteiger partial charge in [-0.1, -0.05) is 19.2 Å². The van der Waals surface area contributed by atoms with Crippen LogP contribution in [0.2, 0.25) is 0 Å². The summed E-state index contributed by atoms with van der Waals surface area (Å²) in [5, 5.41) is 0.926. The summed E-state index contributed by atoms with van der Waals surface area (Å²) in [6.45, 7) is 7.33.